The average Bonchev–Trinajstić information content (AvgIpc) is 3.72. The van der Waals surface area contributed by atoms with Crippen LogP contribution in [0, 0.1) is 5.92 Å². The molecule has 37 heavy (non-hydrogen) atoms. The number of hydrogen-bond acceptors (Lipinski definition) is 9. The first-order chi connectivity index (χ1) is 17.9. The van der Waals surface area contributed by atoms with Crippen LogP contribution < -0.4 is 14.8 Å². The Morgan fingerprint density at radius 1 is 1.14 bits per heavy atom. The summed E-state index contributed by atoms with van der Waals surface area (Å²) in [4.78, 5) is 29.8. The van der Waals surface area contributed by atoms with Gasteiger partial charge in [-0.1, -0.05) is 12.1 Å². The molecule has 4 rings (SSSR count). The number of ether oxygens (including phenoxy) is 5. The van der Waals surface area contributed by atoms with Gasteiger partial charge in [-0.25, -0.2) is 9.78 Å². The van der Waals surface area contributed by atoms with Gasteiger partial charge in [0.2, 0.25) is 0 Å². The number of aromatic hydroxyl groups is 1. The van der Waals surface area contributed by atoms with E-state index in [1.54, 1.807) is 14.0 Å². The summed E-state index contributed by atoms with van der Waals surface area (Å²) in [5, 5.41) is 12.9. The molecule has 1 saturated heterocycles. The Kier molecular flexibility index (Phi) is 8.83. The summed E-state index contributed by atoms with van der Waals surface area (Å²) in [6.45, 7) is 2.55. The lowest BCUT2D eigenvalue weighted by atomic mass is 10.00. The maximum absolute atomic E-state index is 13.1. The SMILES string of the molecule is COc1ccc(C[C@H]2OCC[C@H](NC(=O)c3nccc(OC)c3O)C(=O)O[C@@H](C)[C@@H]2OCC2CC2)cc1. The number of amides is 1. The van der Waals surface area contributed by atoms with Crippen molar-refractivity contribution in [3.05, 3.63) is 47.8 Å². The quantitative estimate of drug-likeness (QED) is 0.486. The van der Waals surface area contributed by atoms with Crippen LogP contribution in [-0.4, -0.2) is 73.8 Å². The van der Waals surface area contributed by atoms with Crippen LogP contribution in [0.1, 0.15) is 42.2 Å². The number of nitrogens with one attached hydrogen (secondary N) is 1. The fraction of sp³-hybridized carbons (Fsp3) is 0.519. The summed E-state index contributed by atoms with van der Waals surface area (Å²) in [5.74, 6) is -0.341. The van der Waals surface area contributed by atoms with Crippen LogP contribution in [0.4, 0.5) is 0 Å². The van der Waals surface area contributed by atoms with E-state index in [9.17, 15) is 14.7 Å². The number of aromatic nitrogens is 1. The Bertz CT molecular complexity index is 1070. The predicted octanol–water partition coefficient (Wildman–Crippen LogP) is 2.66. The van der Waals surface area contributed by atoms with Gasteiger partial charge in [-0.2, -0.15) is 0 Å². The molecule has 2 heterocycles. The first-order valence-corrected chi connectivity index (χ1v) is 12.5. The van der Waals surface area contributed by atoms with Crippen molar-refractivity contribution in [2.75, 3.05) is 27.4 Å². The number of hydrogen-bond donors (Lipinski definition) is 2. The van der Waals surface area contributed by atoms with Gasteiger partial charge in [0, 0.05) is 31.7 Å². The minimum Gasteiger partial charge on any atom is -0.503 e. The molecule has 0 unspecified atom stereocenters. The minimum atomic E-state index is -0.994. The van der Waals surface area contributed by atoms with E-state index in [-0.39, 0.29) is 30.6 Å². The Hall–Kier alpha value is -3.37. The molecule has 0 bridgehead atoms. The van der Waals surface area contributed by atoms with Crippen molar-refractivity contribution < 1.29 is 38.4 Å². The zero-order valence-corrected chi connectivity index (χ0v) is 21.3. The summed E-state index contributed by atoms with van der Waals surface area (Å²) in [7, 11) is 2.99. The van der Waals surface area contributed by atoms with Crippen LogP contribution in [0.2, 0.25) is 0 Å². The first-order valence-electron chi connectivity index (χ1n) is 12.5. The van der Waals surface area contributed by atoms with E-state index in [0.717, 1.165) is 24.2 Å². The predicted molar refractivity (Wildman–Crippen MR) is 133 cm³/mol. The van der Waals surface area contributed by atoms with E-state index in [1.165, 1.54) is 19.4 Å². The standard InChI is InChI=1S/C27H34N2O8/c1-16-25(36-15-18-4-5-18)22(14-17-6-8-19(33-2)9-7-17)35-13-11-20(27(32)37-16)29-26(31)23-24(30)21(34-3)10-12-28-23/h6-10,12,16,18,20,22,25,30H,4-5,11,13-15H2,1-3H3,(H,29,31)/t16-,20-,22+,25-/m0/s1. The number of esters is 1. The molecule has 2 N–H and O–H groups in total. The third-order valence-electron chi connectivity index (χ3n) is 6.60. The minimum absolute atomic E-state index is 0.103. The van der Waals surface area contributed by atoms with Crippen molar-refractivity contribution in [1.82, 2.24) is 10.3 Å². The maximum atomic E-state index is 13.1. The average molecular weight is 515 g/mol. The second-order valence-corrected chi connectivity index (χ2v) is 9.37. The van der Waals surface area contributed by atoms with Gasteiger partial charge in [-0.05, 0) is 43.4 Å². The third-order valence-corrected chi connectivity index (χ3v) is 6.60. The molecule has 1 aliphatic heterocycles. The van der Waals surface area contributed by atoms with E-state index >= 15 is 0 Å². The normalized spacial score (nSPS) is 24.2. The molecule has 200 valence electrons. The molecular formula is C27H34N2O8. The Morgan fingerprint density at radius 2 is 1.89 bits per heavy atom. The molecule has 1 saturated carbocycles. The molecular weight excluding hydrogens is 480 g/mol. The largest absolute Gasteiger partial charge is 0.503 e. The molecule has 1 aromatic heterocycles. The summed E-state index contributed by atoms with van der Waals surface area (Å²) in [6.07, 6.45) is 2.87. The Balaban J connectivity index is 1.49. The number of pyridine rings is 1. The van der Waals surface area contributed by atoms with Crippen LogP contribution in [0.3, 0.4) is 0 Å². The highest BCUT2D eigenvalue weighted by Gasteiger charge is 2.37. The monoisotopic (exact) mass is 514 g/mol. The van der Waals surface area contributed by atoms with Crippen LogP contribution in [0.15, 0.2) is 36.5 Å². The van der Waals surface area contributed by atoms with Crippen molar-refractivity contribution in [3.63, 3.8) is 0 Å². The third kappa shape index (κ3) is 6.90. The van der Waals surface area contributed by atoms with Crippen molar-refractivity contribution >= 4 is 11.9 Å². The zero-order valence-electron chi connectivity index (χ0n) is 21.3. The molecule has 2 fully saturated rings. The first kappa shape index (κ1) is 26.7. The van der Waals surface area contributed by atoms with Crippen LogP contribution in [0.25, 0.3) is 0 Å². The Morgan fingerprint density at radius 3 is 2.57 bits per heavy atom. The van der Waals surface area contributed by atoms with Gasteiger partial charge in [0.15, 0.2) is 17.2 Å². The molecule has 1 aliphatic carbocycles. The number of nitrogens with zero attached hydrogens (tertiary/aromatic N) is 1. The summed E-state index contributed by atoms with van der Waals surface area (Å²) < 4.78 is 28.6. The lowest BCUT2D eigenvalue weighted by Crippen LogP contribution is -2.46. The van der Waals surface area contributed by atoms with Gasteiger partial charge >= 0.3 is 5.97 Å². The number of rotatable bonds is 9. The highest BCUT2D eigenvalue weighted by molar-refractivity contribution is 5.97. The van der Waals surface area contributed by atoms with Crippen LogP contribution in [0.5, 0.6) is 17.2 Å². The smallest absolute Gasteiger partial charge is 0.329 e. The summed E-state index contributed by atoms with van der Waals surface area (Å²) >= 11 is 0. The second-order valence-electron chi connectivity index (χ2n) is 9.37. The lowest BCUT2D eigenvalue weighted by molar-refractivity contribution is -0.164. The molecule has 0 radical (unpaired) electrons. The van der Waals surface area contributed by atoms with Gasteiger partial charge < -0.3 is 34.1 Å². The van der Waals surface area contributed by atoms with Gasteiger partial charge in [-0.3, -0.25) is 4.79 Å². The summed E-state index contributed by atoms with van der Waals surface area (Å²) in [5.41, 5.74) is 0.789. The van der Waals surface area contributed by atoms with Crippen LogP contribution in [-0.2, 0) is 25.4 Å². The van der Waals surface area contributed by atoms with E-state index in [1.807, 2.05) is 24.3 Å². The van der Waals surface area contributed by atoms with Crippen molar-refractivity contribution in [1.29, 1.82) is 0 Å². The molecule has 2 aromatic rings. The maximum Gasteiger partial charge on any atom is 0.329 e. The van der Waals surface area contributed by atoms with E-state index in [4.69, 9.17) is 23.7 Å². The molecule has 10 heteroatoms. The molecule has 1 amide bonds. The van der Waals surface area contributed by atoms with Gasteiger partial charge in [0.1, 0.15) is 24.0 Å². The van der Waals surface area contributed by atoms with Crippen molar-refractivity contribution in [2.45, 2.75) is 57.0 Å². The second kappa shape index (κ2) is 12.2. The summed E-state index contributed by atoms with van der Waals surface area (Å²) in [6, 6.07) is 8.16. The zero-order chi connectivity index (χ0) is 26.4. The van der Waals surface area contributed by atoms with Gasteiger partial charge in [0.05, 0.1) is 26.9 Å². The molecule has 2 aliphatic rings. The molecule has 0 spiro atoms. The van der Waals surface area contributed by atoms with Crippen molar-refractivity contribution in [2.24, 2.45) is 5.92 Å². The van der Waals surface area contributed by atoms with E-state index in [2.05, 4.69) is 10.3 Å². The van der Waals surface area contributed by atoms with Gasteiger partial charge in [-0.15, -0.1) is 0 Å². The molecule has 1 aromatic carbocycles. The number of cyclic esters (lactones) is 1. The number of carbonyl (C=O) groups excluding carboxylic acids is 2. The topological polar surface area (TPSA) is 125 Å². The van der Waals surface area contributed by atoms with Crippen molar-refractivity contribution in [3.8, 4) is 17.2 Å². The van der Waals surface area contributed by atoms with E-state index < -0.39 is 35.9 Å². The van der Waals surface area contributed by atoms with Crippen LogP contribution >= 0.6 is 0 Å². The fourth-order valence-electron chi connectivity index (χ4n) is 4.25. The van der Waals surface area contributed by atoms with E-state index in [0.29, 0.717) is 18.9 Å². The number of benzene rings is 1. The number of methoxy groups -OCH3 is 2. The number of carbonyl (C=O) groups is 2. The highest BCUT2D eigenvalue weighted by Crippen LogP contribution is 2.31. The fourth-order valence-corrected chi connectivity index (χ4v) is 4.25. The van der Waals surface area contributed by atoms with Gasteiger partial charge in [0.25, 0.3) is 5.91 Å². The molecule has 4 atom stereocenters. The lowest BCUT2D eigenvalue weighted by Gasteiger charge is -2.31. The highest BCUT2D eigenvalue weighted by atomic mass is 16.6. The Labute approximate surface area is 216 Å². The molecule has 10 nitrogen and oxygen atoms in total.